The summed E-state index contributed by atoms with van der Waals surface area (Å²) in [5.41, 5.74) is 1.47. The summed E-state index contributed by atoms with van der Waals surface area (Å²) in [4.78, 5) is 4.20. The molecule has 0 aliphatic rings. The zero-order valence-corrected chi connectivity index (χ0v) is 14.5. The smallest absolute Gasteiger partial charge is 0.261 e. The Labute approximate surface area is 148 Å². The Morgan fingerprint density at radius 1 is 1.21 bits per heavy atom. The monoisotopic (exact) mass is 375 g/mol. The molecule has 8 heteroatoms. The highest BCUT2D eigenvalue weighted by Crippen LogP contribution is 2.26. The van der Waals surface area contributed by atoms with Gasteiger partial charge in [-0.2, -0.15) is 5.26 Å². The number of thiazole rings is 1. The second kappa shape index (κ2) is 6.61. The third-order valence-electron chi connectivity index (χ3n) is 3.17. The van der Waals surface area contributed by atoms with Gasteiger partial charge in [0.05, 0.1) is 15.5 Å². The molecule has 0 aliphatic heterocycles. The standard InChI is InChI=1S/C16H10ClN3O2S2/c17-15-9-14(5-4-12(15)10-18)24(21,22)20-13-3-1-2-11(8-13)16-19-6-7-23-16/h1-9,20H. The average molecular weight is 376 g/mol. The minimum Gasteiger partial charge on any atom is -0.280 e. The summed E-state index contributed by atoms with van der Waals surface area (Å²) in [6, 6.07) is 12.8. The summed E-state index contributed by atoms with van der Waals surface area (Å²) >= 11 is 7.38. The highest BCUT2D eigenvalue weighted by Gasteiger charge is 2.16. The average Bonchev–Trinajstić information content (AvgIpc) is 3.09. The van der Waals surface area contributed by atoms with Crippen molar-refractivity contribution in [3.63, 3.8) is 0 Å². The predicted molar refractivity (Wildman–Crippen MR) is 94.5 cm³/mol. The highest BCUT2D eigenvalue weighted by atomic mass is 35.5. The fraction of sp³-hybridized carbons (Fsp3) is 0. The minimum atomic E-state index is -3.81. The van der Waals surface area contributed by atoms with E-state index in [4.69, 9.17) is 16.9 Å². The number of halogens is 1. The van der Waals surface area contributed by atoms with Crippen molar-refractivity contribution in [2.45, 2.75) is 4.90 Å². The Morgan fingerprint density at radius 3 is 2.71 bits per heavy atom. The van der Waals surface area contributed by atoms with Crippen molar-refractivity contribution in [3.05, 3.63) is 64.6 Å². The lowest BCUT2D eigenvalue weighted by atomic mass is 10.2. The summed E-state index contributed by atoms with van der Waals surface area (Å²) in [5.74, 6) is 0. The summed E-state index contributed by atoms with van der Waals surface area (Å²) in [6.45, 7) is 0. The van der Waals surface area contributed by atoms with Gasteiger partial charge in [0.15, 0.2) is 0 Å². The second-order valence-electron chi connectivity index (χ2n) is 4.78. The zero-order valence-electron chi connectivity index (χ0n) is 12.1. The molecule has 1 aromatic heterocycles. The third-order valence-corrected chi connectivity index (χ3v) is 5.68. The molecular weight excluding hydrogens is 366 g/mol. The number of benzene rings is 2. The number of aromatic nitrogens is 1. The van der Waals surface area contributed by atoms with E-state index in [0.29, 0.717) is 5.69 Å². The highest BCUT2D eigenvalue weighted by molar-refractivity contribution is 7.92. The van der Waals surface area contributed by atoms with Gasteiger partial charge in [-0.1, -0.05) is 23.7 Å². The first-order chi connectivity index (χ1) is 11.5. The van der Waals surface area contributed by atoms with Gasteiger partial charge in [0.25, 0.3) is 10.0 Å². The SMILES string of the molecule is N#Cc1ccc(S(=O)(=O)Nc2cccc(-c3nccs3)c2)cc1Cl. The van der Waals surface area contributed by atoms with Crippen LogP contribution in [0.5, 0.6) is 0 Å². The van der Waals surface area contributed by atoms with Crippen LogP contribution >= 0.6 is 22.9 Å². The van der Waals surface area contributed by atoms with E-state index < -0.39 is 10.0 Å². The van der Waals surface area contributed by atoms with E-state index in [1.54, 1.807) is 24.4 Å². The van der Waals surface area contributed by atoms with Crippen molar-refractivity contribution in [1.29, 1.82) is 5.26 Å². The van der Waals surface area contributed by atoms with Crippen molar-refractivity contribution in [1.82, 2.24) is 4.98 Å². The number of nitrogens with one attached hydrogen (secondary N) is 1. The van der Waals surface area contributed by atoms with Crippen LogP contribution in [-0.2, 0) is 10.0 Å². The van der Waals surface area contributed by atoms with Crippen LogP contribution in [0.2, 0.25) is 5.02 Å². The lowest BCUT2D eigenvalue weighted by Gasteiger charge is -2.09. The largest absolute Gasteiger partial charge is 0.280 e. The number of nitriles is 1. The molecule has 0 spiro atoms. The van der Waals surface area contributed by atoms with E-state index >= 15 is 0 Å². The molecule has 3 aromatic rings. The molecule has 0 amide bonds. The van der Waals surface area contributed by atoms with Gasteiger partial charge >= 0.3 is 0 Å². The molecule has 0 fully saturated rings. The van der Waals surface area contributed by atoms with Gasteiger partial charge in [-0.3, -0.25) is 4.72 Å². The normalized spacial score (nSPS) is 11.0. The maximum Gasteiger partial charge on any atom is 0.261 e. The number of hydrogen-bond donors (Lipinski definition) is 1. The number of hydrogen-bond acceptors (Lipinski definition) is 5. The van der Waals surface area contributed by atoms with E-state index in [0.717, 1.165) is 10.6 Å². The molecular formula is C16H10ClN3O2S2. The van der Waals surface area contributed by atoms with Gasteiger partial charge in [-0.25, -0.2) is 13.4 Å². The van der Waals surface area contributed by atoms with Crippen LogP contribution in [0.4, 0.5) is 5.69 Å². The van der Waals surface area contributed by atoms with E-state index in [-0.39, 0.29) is 15.5 Å². The van der Waals surface area contributed by atoms with Crippen LogP contribution in [0.25, 0.3) is 10.6 Å². The van der Waals surface area contributed by atoms with Crippen molar-refractivity contribution in [2.24, 2.45) is 0 Å². The molecule has 0 aliphatic carbocycles. The van der Waals surface area contributed by atoms with Crippen LogP contribution in [-0.4, -0.2) is 13.4 Å². The van der Waals surface area contributed by atoms with Crippen molar-refractivity contribution >= 4 is 38.6 Å². The second-order valence-corrected chi connectivity index (χ2v) is 7.76. The summed E-state index contributed by atoms with van der Waals surface area (Å²) in [5, 5.41) is 11.6. The van der Waals surface area contributed by atoms with Gasteiger partial charge in [0.2, 0.25) is 0 Å². The fourth-order valence-corrected chi connectivity index (χ4v) is 4.05. The molecule has 0 saturated carbocycles. The molecule has 120 valence electrons. The third kappa shape index (κ3) is 3.41. The molecule has 3 rings (SSSR count). The first-order valence-corrected chi connectivity index (χ1v) is 9.46. The molecule has 2 aromatic carbocycles. The molecule has 0 saturated heterocycles. The Bertz CT molecular complexity index is 1030. The molecule has 0 bridgehead atoms. The van der Waals surface area contributed by atoms with E-state index in [1.165, 1.54) is 29.5 Å². The quantitative estimate of drug-likeness (QED) is 0.742. The van der Waals surface area contributed by atoms with Crippen LogP contribution in [0, 0.1) is 11.3 Å². The first kappa shape index (κ1) is 16.5. The van der Waals surface area contributed by atoms with Gasteiger partial charge < -0.3 is 0 Å². The van der Waals surface area contributed by atoms with Gasteiger partial charge in [-0.15, -0.1) is 11.3 Å². The maximum absolute atomic E-state index is 12.5. The summed E-state index contributed by atoms with van der Waals surface area (Å²) in [7, 11) is -3.81. The first-order valence-electron chi connectivity index (χ1n) is 6.72. The van der Waals surface area contributed by atoms with Gasteiger partial charge in [-0.05, 0) is 30.3 Å². The Balaban J connectivity index is 1.91. The number of anilines is 1. The molecule has 1 heterocycles. The van der Waals surface area contributed by atoms with Crippen LogP contribution < -0.4 is 4.72 Å². The lowest BCUT2D eigenvalue weighted by molar-refractivity contribution is 0.601. The molecule has 0 unspecified atom stereocenters. The van der Waals surface area contributed by atoms with E-state index in [9.17, 15) is 8.42 Å². The molecule has 1 N–H and O–H groups in total. The zero-order chi connectivity index (χ0) is 17.2. The van der Waals surface area contributed by atoms with Crippen LogP contribution in [0.3, 0.4) is 0 Å². The molecule has 24 heavy (non-hydrogen) atoms. The lowest BCUT2D eigenvalue weighted by Crippen LogP contribution is -2.13. The number of rotatable bonds is 4. The maximum atomic E-state index is 12.5. The number of nitrogens with zero attached hydrogens (tertiary/aromatic N) is 2. The van der Waals surface area contributed by atoms with Crippen LogP contribution in [0.15, 0.2) is 58.9 Å². The number of sulfonamides is 1. The summed E-state index contributed by atoms with van der Waals surface area (Å²) < 4.78 is 27.5. The van der Waals surface area contributed by atoms with Crippen molar-refractivity contribution in [3.8, 4) is 16.6 Å². The van der Waals surface area contributed by atoms with E-state index in [1.807, 2.05) is 17.5 Å². The Morgan fingerprint density at radius 2 is 2.04 bits per heavy atom. The summed E-state index contributed by atoms with van der Waals surface area (Å²) in [6.07, 6.45) is 1.69. The molecule has 0 atom stereocenters. The van der Waals surface area contributed by atoms with Crippen molar-refractivity contribution < 1.29 is 8.42 Å². The van der Waals surface area contributed by atoms with Crippen molar-refractivity contribution in [2.75, 3.05) is 4.72 Å². The van der Waals surface area contributed by atoms with E-state index in [2.05, 4.69) is 9.71 Å². The van der Waals surface area contributed by atoms with Gasteiger partial charge in [0, 0.05) is 22.8 Å². The predicted octanol–water partition coefficient (Wildman–Crippen LogP) is 4.14. The Hall–Kier alpha value is -2.40. The molecule has 5 nitrogen and oxygen atoms in total. The molecule has 0 radical (unpaired) electrons. The minimum absolute atomic E-state index is 0.00819. The van der Waals surface area contributed by atoms with Gasteiger partial charge in [0.1, 0.15) is 11.1 Å². The van der Waals surface area contributed by atoms with Crippen LogP contribution in [0.1, 0.15) is 5.56 Å². The topological polar surface area (TPSA) is 82.8 Å². The fourth-order valence-electron chi connectivity index (χ4n) is 2.05. The Kier molecular flexibility index (Phi) is 4.53.